The number of methoxy groups -OCH3 is 2. The molecule has 0 aromatic heterocycles. The molecule has 0 aliphatic rings. The third-order valence-electron chi connectivity index (χ3n) is 4.70. The number of hydrogen-bond acceptors (Lipinski definition) is 5. The molecule has 3 aromatic rings. The van der Waals surface area contributed by atoms with Gasteiger partial charge in [-0.05, 0) is 60.5 Å². The Hall–Kier alpha value is -3.49. The lowest BCUT2D eigenvalue weighted by atomic mass is 10.2. The third kappa shape index (κ3) is 6.06. The second-order valence-corrected chi connectivity index (χ2v) is 9.06. The van der Waals surface area contributed by atoms with Crippen molar-refractivity contribution in [3.63, 3.8) is 0 Å². The highest BCUT2D eigenvalue weighted by molar-refractivity contribution is 7.92. The Kier molecular flexibility index (Phi) is 7.63. The lowest BCUT2D eigenvalue weighted by Gasteiger charge is -2.13. The molecule has 7 nitrogen and oxygen atoms in total. The molecule has 0 spiro atoms. The first-order valence-corrected chi connectivity index (χ1v) is 11.7. The molecule has 3 rings (SSSR count). The van der Waals surface area contributed by atoms with Crippen molar-refractivity contribution in [2.24, 2.45) is 0 Å². The summed E-state index contributed by atoms with van der Waals surface area (Å²) < 4.78 is 38.8. The van der Waals surface area contributed by atoms with Crippen molar-refractivity contribution >= 4 is 45.0 Å². The first-order valence-electron chi connectivity index (χ1n) is 9.82. The average molecular weight is 487 g/mol. The van der Waals surface area contributed by atoms with Gasteiger partial charge in [-0.3, -0.25) is 9.52 Å². The van der Waals surface area contributed by atoms with Crippen molar-refractivity contribution in [3.8, 4) is 11.5 Å². The number of halogens is 1. The molecule has 0 unspecified atom stereocenters. The summed E-state index contributed by atoms with van der Waals surface area (Å²) in [5.74, 6) is 0.702. The zero-order chi connectivity index (χ0) is 24.0. The van der Waals surface area contributed by atoms with E-state index in [-0.39, 0.29) is 15.6 Å². The normalized spacial score (nSPS) is 11.3. The van der Waals surface area contributed by atoms with Gasteiger partial charge in [-0.1, -0.05) is 35.9 Å². The number of nitrogens with one attached hydrogen (secondary N) is 2. The van der Waals surface area contributed by atoms with Crippen molar-refractivity contribution in [2.75, 3.05) is 24.3 Å². The summed E-state index contributed by atoms with van der Waals surface area (Å²) in [6.07, 6.45) is 2.96. The van der Waals surface area contributed by atoms with Crippen LogP contribution in [0.5, 0.6) is 11.5 Å². The van der Waals surface area contributed by atoms with Gasteiger partial charge in [0.1, 0.15) is 0 Å². The Balaban J connectivity index is 1.77. The van der Waals surface area contributed by atoms with E-state index >= 15 is 0 Å². The zero-order valence-corrected chi connectivity index (χ0v) is 19.8. The van der Waals surface area contributed by atoms with Gasteiger partial charge in [-0.2, -0.15) is 0 Å². The average Bonchev–Trinajstić information content (AvgIpc) is 2.80. The van der Waals surface area contributed by atoms with Crippen LogP contribution in [0.4, 0.5) is 11.4 Å². The van der Waals surface area contributed by atoms with Crippen LogP contribution < -0.4 is 19.5 Å². The third-order valence-corrected chi connectivity index (χ3v) is 6.54. The van der Waals surface area contributed by atoms with Gasteiger partial charge in [0.15, 0.2) is 11.5 Å². The van der Waals surface area contributed by atoms with E-state index in [2.05, 4.69) is 10.0 Å². The van der Waals surface area contributed by atoms with Crippen LogP contribution in [0.1, 0.15) is 11.1 Å². The van der Waals surface area contributed by atoms with E-state index in [1.165, 1.54) is 19.3 Å². The standard InChI is InChI=1S/C24H23ClN2O5S/c1-16-8-11-18(15-23(16)33(29,30)27-20-7-5-4-6-19(20)25)26-24(28)13-10-17-9-12-21(31-2)22(14-17)32-3/h4-15,27H,1-3H3,(H,26,28)/b13-10+. The molecule has 0 aliphatic heterocycles. The highest BCUT2D eigenvalue weighted by Crippen LogP contribution is 2.28. The summed E-state index contributed by atoms with van der Waals surface area (Å²) in [7, 11) is -0.852. The van der Waals surface area contributed by atoms with Crippen LogP contribution in [-0.4, -0.2) is 28.5 Å². The molecule has 0 aliphatic carbocycles. The maximum atomic E-state index is 12.9. The summed E-state index contributed by atoms with van der Waals surface area (Å²) in [6, 6.07) is 16.4. The monoisotopic (exact) mass is 486 g/mol. The van der Waals surface area contributed by atoms with Gasteiger partial charge in [-0.15, -0.1) is 0 Å². The van der Waals surface area contributed by atoms with Crippen molar-refractivity contribution in [3.05, 3.63) is 82.9 Å². The molecule has 0 heterocycles. The van der Waals surface area contributed by atoms with E-state index < -0.39 is 15.9 Å². The van der Waals surface area contributed by atoms with Gasteiger partial charge in [0.2, 0.25) is 5.91 Å². The van der Waals surface area contributed by atoms with Crippen LogP contribution >= 0.6 is 11.6 Å². The Bertz CT molecular complexity index is 1310. The van der Waals surface area contributed by atoms with Crippen molar-refractivity contribution in [1.82, 2.24) is 0 Å². The van der Waals surface area contributed by atoms with Gasteiger partial charge in [0, 0.05) is 11.8 Å². The van der Waals surface area contributed by atoms with Gasteiger partial charge in [0.05, 0.1) is 29.8 Å². The number of benzene rings is 3. The Morgan fingerprint density at radius 3 is 2.39 bits per heavy atom. The smallest absolute Gasteiger partial charge is 0.262 e. The topological polar surface area (TPSA) is 93.7 Å². The summed E-state index contributed by atoms with van der Waals surface area (Å²) in [5, 5.41) is 2.96. The molecule has 0 saturated carbocycles. The zero-order valence-electron chi connectivity index (χ0n) is 18.3. The van der Waals surface area contributed by atoms with Crippen LogP contribution in [0, 0.1) is 6.92 Å². The summed E-state index contributed by atoms with van der Waals surface area (Å²) in [6.45, 7) is 1.67. The number of amides is 1. The van der Waals surface area contributed by atoms with Crippen LogP contribution in [-0.2, 0) is 14.8 Å². The number of carbonyl (C=O) groups excluding carboxylic acids is 1. The molecule has 172 valence electrons. The number of aryl methyl sites for hydroxylation is 1. The van der Waals surface area contributed by atoms with Crippen LogP contribution in [0.25, 0.3) is 6.08 Å². The molecule has 0 saturated heterocycles. The number of ether oxygens (including phenoxy) is 2. The van der Waals surface area contributed by atoms with Gasteiger partial charge in [-0.25, -0.2) is 8.42 Å². The maximum absolute atomic E-state index is 12.9. The minimum absolute atomic E-state index is 0.0316. The Labute approximate surface area is 198 Å². The number of rotatable bonds is 8. The van der Waals surface area contributed by atoms with Gasteiger partial charge >= 0.3 is 0 Å². The minimum Gasteiger partial charge on any atom is -0.493 e. The van der Waals surface area contributed by atoms with Gasteiger partial charge < -0.3 is 14.8 Å². The molecule has 0 radical (unpaired) electrons. The predicted octanol–water partition coefficient (Wildman–Crippen LogP) is 5.12. The van der Waals surface area contributed by atoms with Gasteiger partial charge in [0.25, 0.3) is 10.0 Å². The maximum Gasteiger partial charge on any atom is 0.262 e. The number of anilines is 2. The number of para-hydroxylation sites is 1. The van der Waals surface area contributed by atoms with E-state index in [0.29, 0.717) is 22.7 Å². The fraction of sp³-hybridized carbons (Fsp3) is 0.125. The van der Waals surface area contributed by atoms with E-state index in [1.807, 2.05) is 0 Å². The highest BCUT2D eigenvalue weighted by Gasteiger charge is 2.19. The SMILES string of the molecule is COc1ccc(/C=C/C(=O)Nc2ccc(C)c(S(=O)(=O)Nc3ccccc3Cl)c2)cc1OC. The van der Waals surface area contributed by atoms with E-state index in [1.54, 1.807) is 74.7 Å². The first-order chi connectivity index (χ1) is 15.7. The lowest BCUT2D eigenvalue weighted by Crippen LogP contribution is -2.15. The quantitative estimate of drug-likeness (QED) is 0.431. The first kappa shape index (κ1) is 24.2. The van der Waals surface area contributed by atoms with Crippen LogP contribution in [0.15, 0.2) is 71.6 Å². The summed E-state index contributed by atoms with van der Waals surface area (Å²) in [5.41, 5.74) is 1.86. The molecule has 33 heavy (non-hydrogen) atoms. The molecular formula is C24H23ClN2O5S. The second kappa shape index (κ2) is 10.4. The fourth-order valence-electron chi connectivity index (χ4n) is 3.02. The molecule has 3 aromatic carbocycles. The largest absolute Gasteiger partial charge is 0.493 e. The Morgan fingerprint density at radius 2 is 1.70 bits per heavy atom. The van der Waals surface area contributed by atoms with Crippen molar-refractivity contribution < 1.29 is 22.7 Å². The predicted molar refractivity (Wildman–Crippen MR) is 131 cm³/mol. The van der Waals surface area contributed by atoms with E-state index in [9.17, 15) is 13.2 Å². The molecule has 0 fully saturated rings. The molecule has 1 amide bonds. The minimum atomic E-state index is -3.92. The molecule has 0 atom stereocenters. The number of sulfonamides is 1. The van der Waals surface area contributed by atoms with Crippen molar-refractivity contribution in [2.45, 2.75) is 11.8 Å². The van der Waals surface area contributed by atoms with E-state index in [4.69, 9.17) is 21.1 Å². The molecular weight excluding hydrogens is 464 g/mol. The van der Waals surface area contributed by atoms with E-state index in [0.717, 1.165) is 5.56 Å². The fourth-order valence-corrected chi connectivity index (χ4v) is 4.61. The second-order valence-electron chi connectivity index (χ2n) is 7.00. The Morgan fingerprint density at radius 1 is 0.970 bits per heavy atom. The van der Waals surface area contributed by atoms with Crippen LogP contribution in [0.2, 0.25) is 5.02 Å². The van der Waals surface area contributed by atoms with Crippen LogP contribution in [0.3, 0.4) is 0 Å². The molecule has 2 N–H and O–H groups in total. The number of carbonyl (C=O) groups is 1. The summed E-state index contributed by atoms with van der Waals surface area (Å²) in [4.78, 5) is 12.4. The number of hydrogen-bond donors (Lipinski definition) is 2. The highest BCUT2D eigenvalue weighted by atomic mass is 35.5. The molecule has 0 bridgehead atoms. The molecule has 9 heteroatoms. The summed E-state index contributed by atoms with van der Waals surface area (Å²) >= 11 is 6.07. The lowest BCUT2D eigenvalue weighted by molar-refractivity contribution is -0.111. The van der Waals surface area contributed by atoms with Crippen molar-refractivity contribution in [1.29, 1.82) is 0 Å².